The fraction of sp³-hybridized carbons (Fsp3) is 0.735. The van der Waals surface area contributed by atoms with Gasteiger partial charge < -0.3 is 38.8 Å². The number of hydrogen-bond donors (Lipinski definition) is 2. The molecule has 2 rings (SSSR count). The highest BCUT2D eigenvalue weighted by Gasteiger charge is 2.52. The Labute approximate surface area is 268 Å². The van der Waals surface area contributed by atoms with Gasteiger partial charge in [0.25, 0.3) is 0 Å². The number of methoxy groups -OCH3 is 1. The van der Waals surface area contributed by atoms with Crippen molar-refractivity contribution in [3.63, 3.8) is 0 Å². The number of aliphatic hydroxyl groups excluding tert-OH is 1. The van der Waals surface area contributed by atoms with E-state index in [1.807, 2.05) is 39.0 Å². The quantitative estimate of drug-likeness (QED) is 0.110. The van der Waals surface area contributed by atoms with Crippen LogP contribution in [-0.2, 0) is 33.3 Å². The van der Waals surface area contributed by atoms with Crippen LogP contribution in [0.2, 0.25) is 0 Å². The minimum atomic E-state index is -1.44. The maximum atomic E-state index is 12.8. The van der Waals surface area contributed by atoms with Crippen LogP contribution in [0.4, 0.5) is 4.79 Å². The Morgan fingerprint density at radius 2 is 1.87 bits per heavy atom. The molecule has 11 nitrogen and oxygen atoms in total. The predicted molar refractivity (Wildman–Crippen MR) is 169 cm³/mol. The highest BCUT2D eigenvalue weighted by Crippen LogP contribution is 2.39. The first-order valence-corrected chi connectivity index (χ1v) is 15.9. The molecule has 0 radical (unpaired) electrons. The van der Waals surface area contributed by atoms with E-state index >= 15 is 0 Å². The molecule has 1 saturated heterocycles. The van der Waals surface area contributed by atoms with Crippen molar-refractivity contribution in [1.82, 2.24) is 4.90 Å². The zero-order valence-corrected chi connectivity index (χ0v) is 28.6. The second-order valence-corrected chi connectivity index (χ2v) is 12.9. The Bertz CT molecular complexity index is 1080. The fourth-order valence-electron chi connectivity index (χ4n) is 5.70. The van der Waals surface area contributed by atoms with Gasteiger partial charge in [0.15, 0.2) is 0 Å². The number of rotatable bonds is 11. The third kappa shape index (κ3) is 11.5. The number of carbonyl (C=O) groups is 3. The standard InChI is InChI=1S/C34H55NO10/c1-11-26(41-10)23(5)31-32(44-31)30(45-33(39)35(8)9)21(3)14-12-13-20(2)29-22(4)15-16-27(42-24(6)36)34(7,40)18-17-25(37)19-28(38)43-29/h12-16,21-23,25-27,29-32,37,40H,11,17-19H2,1-10H3/b14-12+,16-15+,20-13+. The Hall–Kier alpha value is -2.73. The summed E-state index contributed by atoms with van der Waals surface area (Å²) in [5.41, 5.74) is -0.714. The first-order valence-electron chi connectivity index (χ1n) is 15.9. The monoisotopic (exact) mass is 637 g/mol. The minimum Gasteiger partial charge on any atom is -0.457 e. The topological polar surface area (TPSA) is 144 Å². The summed E-state index contributed by atoms with van der Waals surface area (Å²) in [5.74, 6) is -1.54. The highest BCUT2D eigenvalue weighted by molar-refractivity contribution is 5.70. The number of amides is 1. The molecule has 256 valence electrons. The lowest BCUT2D eigenvalue weighted by molar-refractivity contribution is -0.157. The molecule has 1 fully saturated rings. The van der Waals surface area contributed by atoms with Gasteiger partial charge >= 0.3 is 18.0 Å². The summed E-state index contributed by atoms with van der Waals surface area (Å²) >= 11 is 0. The third-order valence-electron chi connectivity index (χ3n) is 8.66. The van der Waals surface area contributed by atoms with Gasteiger partial charge in [0.2, 0.25) is 0 Å². The number of ether oxygens (including phenoxy) is 5. The SMILES string of the molecule is CCC(OC)C(C)C1OC1C(OC(=O)N(C)C)C(C)/C=C/C=C(\C)C1OC(=O)CC(O)CCC(C)(O)C(OC(C)=O)/C=C/C1C. The summed E-state index contributed by atoms with van der Waals surface area (Å²) in [5, 5.41) is 21.5. The summed E-state index contributed by atoms with van der Waals surface area (Å²) in [6.45, 7) is 12.6. The molecule has 0 bridgehead atoms. The summed E-state index contributed by atoms with van der Waals surface area (Å²) < 4.78 is 28.7. The molecule has 2 aliphatic rings. The van der Waals surface area contributed by atoms with Crippen molar-refractivity contribution >= 4 is 18.0 Å². The van der Waals surface area contributed by atoms with E-state index in [1.54, 1.807) is 40.3 Å². The second kappa shape index (κ2) is 17.3. The molecule has 2 N–H and O–H groups in total. The lowest BCUT2D eigenvalue weighted by Crippen LogP contribution is -2.42. The normalized spacial score (nSPS) is 33.1. The zero-order valence-electron chi connectivity index (χ0n) is 28.6. The van der Waals surface area contributed by atoms with E-state index in [2.05, 4.69) is 13.8 Å². The van der Waals surface area contributed by atoms with Crippen molar-refractivity contribution in [2.45, 2.75) is 122 Å². The van der Waals surface area contributed by atoms with Crippen LogP contribution >= 0.6 is 0 Å². The van der Waals surface area contributed by atoms with Crippen LogP contribution in [-0.4, -0.2) is 103 Å². The number of esters is 2. The molecule has 0 aromatic rings. The first-order chi connectivity index (χ1) is 21.0. The largest absolute Gasteiger partial charge is 0.457 e. The predicted octanol–water partition coefficient (Wildman–Crippen LogP) is 4.35. The van der Waals surface area contributed by atoms with E-state index in [0.717, 1.165) is 12.0 Å². The average Bonchev–Trinajstić information content (AvgIpc) is 3.75. The van der Waals surface area contributed by atoms with Crippen LogP contribution in [0, 0.1) is 17.8 Å². The molecular formula is C34H55NO10. The minimum absolute atomic E-state index is 0.0304. The lowest BCUT2D eigenvalue weighted by Gasteiger charge is -2.32. The molecule has 0 spiro atoms. The number of aliphatic hydroxyl groups is 2. The lowest BCUT2D eigenvalue weighted by atomic mass is 9.88. The smallest absolute Gasteiger partial charge is 0.409 e. The number of allylic oxidation sites excluding steroid dienone is 2. The van der Waals surface area contributed by atoms with Crippen molar-refractivity contribution in [3.05, 3.63) is 36.0 Å². The van der Waals surface area contributed by atoms with E-state index in [9.17, 15) is 24.6 Å². The Morgan fingerprint density at radius 1 is 1.20 bits per heavy atom. The van der Waals surface area contributed by atoms with Gasteiger partial charge in [-0.15, -0.1) is 0 Å². The van der Waals surface area contributed by atoms with Crippen LogP contribution in [0.25, 0.3) is 0 Å². The summed E-state index contributed by atoms with van der Waals surface area (Å²) in [6.07, 6.45) is 5.81. The molecule has 2 heterocycles. The third-order valence-corrected chi connectivity index (χ3v) is 8.66. The summed E-state index contributed by atoms with van der Waals surface area (Å²) in [4.78, 5) is 38.5. The van der Waals surface area contributed by atoms with Gasteiger partial charge in [-0.2, -0.15) is 0 Å². The molecule has 11 heteroatoms. The number of cyclic esters (lactones) is 1. The fourth-order valence-corrected chi connectivity index (χ4v) is 5.70. The molecule has 11 unspecified atom stereocenters. The number of epoxide rings is 1. The number of nitrogens with zero attached hydrogens (tertiary/aromatic N) is 1. The first kappa shape index (κ1) is 38.5. The maximum Gasteiger partial charge on any atom is 0.409 e. The van der Waals surface area contributed by atoms with E-state index in [4.69, 9.17) is 23.7 Å². The second-order valence-electron chi connectivity index (χ2n) is 12.9. The molecule has 0 aromatic heterocycles. The Balaban J connectivity index is 2.30. The van der Waals surface area contributed by atoms with E-state index in [1.165, 1.54) is 11.8 Å². The van der Waals surface area contributed by atoms with E-state index in [0.29, 0.717) is 0 Å². The van der Waals surface area contributed by atoms with Crippen LogP contribution in [0.1, 0.15) is 74.1 Å². The van der Waals surface area contributed by atoms with Crippen LogP contribution in [0.5, 0.6) is 0 Å². The van der Waals surface area contributed by atoms with Gasteiger partial charge in [-0.25, -0.2) is 4.79 Å². The maximum absolute atomic E-state index is 12.8. The van der Waals surface area contributed by atoms with Gasteiger partial charge in [0.1, 0.15) is 30.0 Å². The highest BCUT2D eigenvalue weighted by atomic mass is 16.6. The molecule has 11 atom stereocenters. The summed E-state index contributed by atoms with van der Waals surface area (Å²) in [6, 6.07) is 0. The van der Waals surface area contributed by atoms with Gasteiger partial charge in [0.05, 0.1) is 24.7 Å². The van der Waals surface area contributed by atoms with Crippen molar-refractivity contribution in [1.29, 1.82) is 0 Å². The molecule has 1 amide bonds. The van der Waals surface area contributed by atoms with Gasteiger partial charge in [-0.3, -0.25) is 9.59 Å². The van der Waals surface area contributed by atoms with Crippen LogP contribution < -0.4 is 0 Å². The molecule has 0 saturated carbocycles. The van der Waals surface area contributed by atoms with E-state index < -0.39 is 48.0 Å². The van der Waals surface area contributed by atoms with Gasteiger partial charge in [-0.1, -0.05) is 52.0 Å². The van der Waals surface area contributed by atoms with E-state index in [-0.39, 0.29) is 55.3 Å². The molecule has 0 aromatic carbocycles. The Kier molecular flexibility index (Phi) is 14.7. The van der Waals surface area contributed by atoms with Crippen molar-refractivity contribution < 1.29 is 48.3 Å². The molecular weight excluding hydrogens is 582 g/mol. The molecule has 0 aliphatic carbocycles. The van der Waals surface area contributed by atoms with Gasteiger partial charge in [-0.05, 0) is 44.8 Å². The number of hydrogen-bond acceptors (Lipinski definition) is 10. The van der Waals surface area contributed by atoms with Crippen molar-refractivity contribution in [2.24, 2.45) is 17.8 Å². The summed E-state index contributed by atoms with van der Waals surface area (Å²) in [7, 11) is 4.95. The zero-order chi connectivity index (χ0) is 34.1. The van der Waals surface area contributed by atoms with Crippen LogP contribution in [0.3, 0.4) is 0 Å². The number of carbonyl (C=O) groups excluding carboxylic acids is 3. The molecule has 45 heavy (non-hydrogen) atoms. The van der Waals surface area contributed by atoms with Crippen molar-refractivity contribution in [2.75, 3.05) is 21.2 Å². The average molecular weight is 638 g/mol. The Morgan fingerprint density at radius 3 is 2.44 bits per heavy atom. The van der Waals surface area contributed by atoms with Gasteiger partial charge in [0, 0.05) is 45.9 Å². The van der Waals surface area contributed by atoms with Crippen molar-refractivity contribution in [3.8, 4) is 0 Å². The van der Waals surface area contributed by atoms with Crippen LogP contribution in [0.15, 0.2) is 36.0 Å². The molecule has 2 aliphatic heterocycles.